The molecule has 3 rings (SSSR count). The molecular formula is C24H25BrClF2N5O2S. The van der Waals surface area contributed by atoms with E-state index in [2.05, 4.69) is 36.8 Å². The summed E-state index contributed by atoms with van der Waals surface area (Å²) in [7, 11) is 0. The van der Waals surface area contributed by atoms with Crippen molar-refractivity contribution < 1.29 is 18.4 Å². The summed E-state index contributed by atoms with van der Waals surface area (Å²) in [5.41, 5.74) is 0.222. The number of aromatic nitrogens is 3. The third kappa shape index (κ3) is 7.04. The molecule has 0 unspecified atom stereocenters. The summed E-state index contributed by atoms with van der Waals surface area (Å²) in [4.78, 5) is 25.4. The molecule has 0 fully saturated rings. The number of hydrogen-bond donors (Lipinski definition) is 2. The van der Waals surface area contributed by atoms with Crippen LogP contribution in [0.4, 0.5) is 14.5 Å². The molecule has 0 aliphatic carbocycles. The SMILES string of the molecule is CCn1c(SCC(=O)Nc2c(F)cc(F)cc2Br)nnc1[C@@H](CC(C)C)NC(=O)c1ccccc1Cl. The maximum absolute atomic E-state index is 14.0. The summed E-state index contributed by atoms with van der Waals surface area (Å²) in [6.45, 7) is 6.48. The first kappa shape index (κ1) is 28.1. The van der Waals surface area contributed by atoms with Crippen LogP contribution >= 0.6 is 39.3 Å². The van der Waals surface area contributed by atoms with E-state index in [1.54, 1.807) is 24.3 Å². The highest BCUT2D eigenvalue weighted by atomic mass is 79.9. The number of carbonyl (C=O) groups is 2. The Morgan fingerprint density at radius 3 is 2.56 bits per heavy atom. The van der Waals surface area contributed by atoms with Gasteiger partial charge in [0.1, 0.15) is 5.82 Å². The summed E-state index contributed by atoms with van der Waals surface area (Å²) in [6.07, 6.45) is 0.608. The largest absolute Gasteiger partial charge is 0.342 e. The molecule has 0 radical (unpaired) electrons. The van der Waals surface area contributed by atoms with E-state index in [4.69, 9.17) is 11.6 Å². The molecule has 2 N–H and O–H groups in total. The molecule has 0 saturated carbocycles. The van der Waals surface area contributed by atoms with E-state index in [0.717, 1.165) is 17.8 Å². The molecule has 7 nitrogen and oxygen atoms in total. The second-order valence-electron chi connectivity index (χ2n) is 8.30. The van der Waals surface area contributed by atoms with Gasteiger partial charge in [0.15, 0.2) is 16.8 Å². The van der Waals surface area contributed by atoms with E-state index < -0.39 is 23.6 Å². The topological polar surface area (TPSA) is 88.9 Å². The third-order valence-electron chi connectivity index (χ3n) is 5.11. The molecule has 12 heteroatoms. The number of nitrogens with zero attached hydrogens (tertiary/aromatic N) is 3. The molecule has 0 aliphatic heterocycles. The quantitative estimate of drug-likeness (QED) is 0.269. The lowest BCUT2D eigenvalue weighted by molar-refractivity contribution is -0.113. The molecule has 1 aromatic heterocycles. The van der Waals surface area contributed by atoms with E-state index in [1.165, 1.54) is 0 Å². The molecule has 2 aromatic carbocycles. The monoisotopic (exact) mass is 599 g/mol. The fourth-order valence-corrected chi connectivity index (χ4v) is 5.05. The molecule has 1 atom stereocenters. The van der Waals surface area contributed by atoms with Crippen LogP contribution in [0.1, 0.15) is 49.4 Å². The summed E-state index contributed by atoms with van der Waals surface area (Å²) in [5, 5.41) is 14.8. The van der Waals surface area contributed by atoms with Crippen LogP contribution in [0.25, 0.3) is 0 Å². The highest BCUT2D eigenvalue weighted by Gasteiger charge is 2.25. The van der Waals surface area contributed by atoms with Crippen LogP contribution in [0, 0.1) is 17.6 Å². The zero-order chi connectivity index (χ0) is 26.4. The zero-order valence-corrected chi connectivity index (χ0v) is 23.0. The highest BCUT2D eigenvalue weighted by molar-refractivity contribution is 9.10. The van der Waals surface area contributed by atoms with E-state index in [1.807, 2.05) is 25.3 Å². The van der Waals surface area contributed by atoms with Crippen LogP contribution in [-0.2, 0) is 11.3 Å². The van der Waals surface area contributed by atoms with Gasteiger partial charge >= 0.3 is 0 Å². The van der Waals surface area contributed by atoms with E-state index >= 15 is 0 Å². The Hall–Kier alpha value is -2.50. The van der Waals surface area contributed by atoms with Crippen LogP contribution in [-0.4, -0.2) is 32.3 Å². The lowest BCUT2D eigenvalue weighted by atomic mass is 10.0. The second-order valence-corrected chi connectivity index (χ2v) is 10.5. The van der Waals surface area contributed by atoms with Crippen molar-refractivity contribution in [3.63, 3.8) is 0 Å². The first-order valence-corrected chi connectivity index (χ1v) is 13.3. The molecule has 36 heavy (non-hydrogen) atoms. The Balaban J connectivity index is 1.75. The van der Waals surface area contributed by atoms with Crippen LogP contribution in [0.5, 0.6) is 0 Å². The molecule has 1 heterocycles. The normalized spacial score (nSPS) is 12.0. The van der Waals surface area contributed by atoms with Gasteiger partial charge in [-0.1, -0.05) is 49.3 Å². The molecule has 192 valence electrons. The standard InChI is InChI=1S/C24H25BrClF2N5O2S/c1-4-33-22(19(9-13(2)3)29-23(35)15-7-5-6-8-17(15)26)31-32-24(33)36-12-20(34)30-21-16(25)10-14(27)11-18(21)28/h5-8,10-11,13,19H,4,9,12H2,1-3H3,(H,29,35)(H,30,34)/t19-/m1/s1. The number of rotatable bonds is 10. The summed E-state index contributed by atoms with van der Waals surface area (Å²) >= 11 is 10.4. The number of benzene rings is 2. The van der Waals surface area contributed by atoms with Gasteiger partial charge in [-0.2, -0.15) is 0 Å². The van der Waals surface area contributed by atoms with Gasteiger partial charge in [0.2, 0.25) is 5.91 Å². The summed E-state index contributed by atoms with van der Waals surface area (Å²) in [6, 6.07) is 8.12. The molecule has 0 spiro atoms. The Morgan fingerprint density at radius 1 is 1.19 bits per heavy atom. The van der Waals surface area contributed by atoms with Gasteiger partial charge in [0.25, 0.3) is 5.91 Å². The second kappa shape index (κ2) is 12.6. The first-order valence-electron chi connectivity index (χ1n) is 11.2. The lowest BCUT2D eigenvalue weighted by Crippen LogP contribution is -2.31. The highest BCUT2D eigenvalue weighted by Crippen LogP contribution is 2.29. The summed E-state index contributed by atoms with van der Waals surface area (Å²) < 4.78 is 29.3. The van der Waals surface area contributed by atoms with Crippen LogP contribution in [0.3, 0.4) is 0 Å². The molecule has 0 saturated heterocycles. The Labute approximate surface area is 225 Å². The Bertz CT molecular complexity index is 1230. The maximum atomic E-state index is 14.0. The predicted octanol–water partition coefficient (Wildman–Crippen LogP) is 6.24. The maximum Gasteiger partial charge on any atom is 0.253 e. The van der Waals surface area contributed by atoms with Crippen molar-refractivity contribution in [2.75, 3.05) is 11.1 Å². The summed E-state index contributed by atoms with van der Waals surface area (Å²) in [5.74, 6) is -1.74. The molecule has 2 amide bonds. The zero-order valence-electron chi connectivity index (χ0n) is 19.8. The van der Waals surface area contributed by atoms with Crippen molar-refractivity contribution >= 4 is 56.8 Å². The predicted molar refractivity (Wildman–Crippen MR) is 140 cm³/mol. The fourth-order valence-electron chi connectivity index (χ4n) is 3.51. The fraction of sp³-hybridized carbons (Fsp3) is 0.333. The number of hydrogen-bond acceptors (Lipinski definition) is 5. The van der Waals surface area contributed by atoms with E-state index in [-0.39, 0.29) is 27.7 Å². The number of carbonyl (C=O) groups excluding carboxylic acids is 2. The van der Waals surface area contributed by atoms with Crippen molar-refractivity contribution in [2.24, 2.45) is 5.92 Å². The number of nitrogens with one attached hydrogen (secondary N) is 2. The van der Waals surface area contributed by atoms with Crippen molar-refractivity contribution in [3.8, 4) is 0 Å². The smallest absolute Gasteiger partial charge is 0.253 e. The first-order chi connectivity index (χ1) is 17.1. The average Bonchev–Trinajstić information content (AvgIpc) is 3.22. The lowest BCUT2D eigenvalue weighted by Gasteiger charge is -2.21. The van der Waals surface area contributed by atoms with Gasteiger partial charge in [-0.05, 0) is 53.4 Å². The van der Waals surface area contributed by atoms with E-state index in [0.29, 0.717) is 40.6 Å². The molecule has 0 bridgehead atoms. The van der Waals surface area contributed by atoms with Crippen LogP contribution in [0.2, 0.25) is 5.02 Å². The Kier molecular flexibility index (Phi) is 9.86. The van der Waals surface area contributed by atoms with Crippen molar-refractivity contribution in [1.29, 1.82) is 0 Å². The van der Waals surface area contributed by atoms with Crippen molar-refractivity contribution in [3.05, 3.63) is 68.9 Å². The van der Waals surface area contributed by atoms with Crippen molar-refractivity contribution in [2.45, 2.75) is 44.9 Å². The molecular weight excluding hydrogens is 576 g/mol. The minimum absolute atomic E-state index is 0.0811. The third-order valence-corrected chi connectivity index (χ3v) is 7.03. The van der Waals surface area contributed by atoms with Gasteiger partial charge < -0.3 is 15.2 Å². The van der Waals surface area contributed by atoms with Crippen molar-refractivity contribution in [1.82, 2.24) is 20.1 Å². The number of amides is 2. The molecule has 3 aromatic rings. The van der Waals surface area contributed by atoms with Crippen LogP contribution in [0.15, 0.2) is 46.0 Å². The van der Waals surface area contributed by atoms with Gasteiger partial charge in [0.05, 0.1) is 28.1 Å². The van der Waals surface area contributed by atoms with Crippen LogP contribution < -0.4 is 10.6 Å². The number of halogens is 4. The number of thioether (sulfide) groups is 1. The van der Waals surface area contributed by atoms with Gasteiger partial charge in [-0.3, -0.25) is 9.59 Å². The minimum Gasteiger partial charge on any atom is -0.342 e. The minimum atomic E-state index is -0.884. The van der Waals surface area contributed by atoms with E-state index in [9.17, 15) is 18.4 Å². The molecule has 0 aliphatic rings. The average molecular weight is 601 g/mol. The number of anilines is 1. The van der Waals surface area contributed by atoms with Gasteiger partial charge in [0, 0.05) is 17.1 Å². The van der Waals surface area contributed by atoms with Gasteiger partial charge in [-0.25, -0.2) is 8.78 Å². The van der Waals surface area contributed by atoms with Gasteiger partial charge in [-0.15, -0.1) is 10.2 Å². The Morgan fingerprint density at radius 2 is 1.92 bits per heavy atom.